The lowest BCUT2D eigenvalue weighted by Crippen LogP contribution is -2.56. The van der Waals surface area contributed by atoms with Crippen molar-refractivity contribution in [3.63, 3.8) is 0 Å². The van der Waals surface area contributed by atoms with E-state index < -0.39 is 22.8 Å². The molecule has 0 radical (unpaired) electrons. The van der Waals surface area contributed by atoms with Gasteiger partial charge in [-0.3, -0.25) is 4.79 Å². The number of benzene rings is 1. The van der Waals surface area contributed by atoms with Crippen LogP contribution >= 0.6 is 0 Å². The first-order valence-electron chi connectivity index (χ1n) is 9.97. The van der Waals surface area contributed by atoms with E-state index in [2.05, 4.69) is 5.32 Å². The molecule has 1 saturated carbocycles. The van der Waals surface area contributed by atoms with Crippen LogP contribution in [0, 0.1) is 11.2 Å². The Hall–Kier alpha value is -2.45. The monoisotopic (exact) mass is 401 g/mol. The molecule has 5 rings (SSSR count). The van der Waals surface area contributed by atoms with E-state index in [0.717, 1.165) is 19.3 Å². The van der Waals surface area contributed by atoms with Gasteiger partial charge < -0.3 is 25.5 Å². The molecule has 1 aliphatic carbocycles. The third-order valence-electron chi connectivity index (χ3n) is 7.33. The number of aromatic carboxylic acids is 1. The molecule has 3 heterocycles. The average molecular weight is 401 g/mol. The van der Waals surface area contributed by atoms with Gasteiger partial charge in [0.15, 0.2) is 5.75 Å². The Morgan fingerprint density at radius 2 is 2.17 bits per heavy atom. The molecule has 2 aromatic rings. The van der Waals surface area contributed by atoms with Crippen molar-refractivity contribution in [1.82, 2.24) is 9.88 Å². The fourth-order valence-corrected chi connectivity index (χ4v) is 5.48. The number of aromatic nitrogens is 1. The summed E-state index contributed by atoms with van der Waals surface area (Å²) in [5.74, 6) is -1.56. The number of ether oxygens (including phenoxy) is 1. The predicted molar refractivity (Wildman–Crippen MR) is 105 cm³/mol. The molecule has 3 aliphatic rings. The zero-order valence-electron chi connectivity index (χ0n) is 16.4. The van der Waals surface area contributed by atoms with Crippen LogP contribution in [-0.2, 0) is 0 Å². The summed E-state index contributed by atoms with van der Waals surface area (Å²) in [5.41, 5.74) is 5.64. The molecule has 8 heteroatoms. The van der Waals surface area contributed by atoms with Crippen LogP contribution in [0.1, 0.15) is 61.1 Å². The molecule has 29 heavy (non-hydrogen) atoms. The molecule has 1 aromatic carbocycles. The summed E-state index contributed by atoms with van der Waals surface area (Å²) in [4.78, 5) is 24.3. The van der Waals surface area contributed by atoms with Crippen LogP contribution in [0.4, 0.5) is 4.39 Å². The fourth-order valence-electron chi connectivity index (χ4n) is 5.48. The van der Waals surface area contributed by atoms with Crippen molar-refractivity contribution >= 4 is 16.9 Å². The maximum Gasteiger partial charge on any atom is 0.341 e. The van der Waals surface area contributed by atoms with Crippen LogP contribution in [0.15, 0.2) is 17.1 Å². The van der Waals surface area contributed by atoms with Crippen LogP contribution in [-0.4, -0.2) is 34.3 Å². The number of nitrogens with two attached hydrogens (primary N) is 1. The average Bonchev–Trinajstić information content (AvgIpc) is 2.90. The molecule has 4 N–H and O–H groups in total. The van der Waals surface area contributed by atoms with Crippen LogP contribution < -0.4 is 21.2 Å². The highest BCUT2D eigenvalue weighted by molar-refractivity contribution is 5.95. The topological polar surface area (TPSA) is 107 Å². The van der Waals surface area contributed by atoms with Crippen LogP contribution in [0.25, 0.3) is 10.9 Å². The molecule has 3 unspecified atom stereocenters. The summed E-state index contributed by atoms with van der Waals surface area (Å²) in [6.45, 7) is 4.71. The van der Waals surface area contributed by atoms with Crippen LogP contribution in [0.3, 0.4) is 0 Å². The molecule has 0 amide bonds. The molecule has 7 nitrogen and oxygen atoms in total. The molecule has 1 aromatic heterocycles. The molecule has 1 saturated heterocycles. The van der Waals surface area contributed by atoms with Gasteiger partial charge in [0.2, 0.25) is 5.43 Å². The van der Waals surface area contributed by atoms with E-state index in [1.807, 2.05) is 13.8 Å². The maximum atomic E-state index is 15.5. The van der Waals surface area contributed by atoms with E-state index in [1.54, 1.807) is 4.57 Å². The number of nitrogens with one attached hydrogen (secondary N) is 1. The van der Waals surface area contributed by atoms with E-state index in [4.69, 9.17) is 10.5 Å². The Bertz CT molecular complexity index is 1120. The maximum absolute atomic E-state index is 15.5. The first kappa shape index (κ1) is 18.6. The third kappa shape index (κ3) is 2.24. The minimum absolute atomic E-state index is 0.0314. The number of carboxylic acid groups (broad SMARTS) is 1. The lowest BCUT2D eigenvalue weighted by atomic mass is 9.55. The summed E-state index contributed by atoms with van der Waals surface area (Å²) < 4.78 is 23.2. The zero-order valence-corrected chi connectivity index (χ0v) is 16.4. The highest BCUT2D eigenvalue weighted by Gasteiger charge is 2.60. The summed E-state index contributed by atoms with van der Waals surface area (Å²) in [5, 5.41) is 12.9. The van der Waals surface area contributed by atoms with Gasteiger partial charge in [-0.25, -0.2) is 9.18 Å². The zero-order chi connectivity index (χ0) is 20.7. The van der Waals surface area contributed by atoms with E-state index in [0.29, 0.717) is 23.4 Å². The number of hydrogen-bond donors (Lipinski definition) is 3. The Labute approximate surface area is 166 Å². The van der Waals surface area contributed by atoms with Gasteiger partial charge in [-0.05, 0) is 32.8 Å². The lowest BCUT2D eigenvalue weighted by Gasteiger charge is -2.51. The minimum atomic E-state index is -1.32. The lowest BCUT2D eigenvalue weighted by molar-refractivity contribution is 0.0440. The fraction of sp³-hybridized carbons (Fsp3) is 0.524. The van der Waals surface area contributed by atoms with E-state index in [1.165, 1.54) is 12.3 Å². The quantitative estimate of drug-likeness (QED) is 0.713. The predicted octanol–water partition coefficient (Wildman–Crippen LogP) is 2.32. The van der Waals surface area contributed by atoms with E-state index in [-0.39, 0.29) is 35.1 Å². The molecule has 2 aliphatic heterocycles. The largest absolute Gasteiger partial charge is 0.489 e. The van der Waals surface area contributed by atoms with Crippen molar-refractivity contribution < 1.29 is 19.0 Å². The van der Waals surface area contributed by atoms with Crippen LogP contribution in [0.2, 0.25) is 0 Å². The first-order valence-corrected chi connectivity index (χ1v) is 9.97. The van der Waals surface area contributed by atoms with E-state index in [9.17, 15) is 14.7 Å². The molecule has 1 spiro atoms. The molecule has 154 valence electrons. The Balaban J connectivity index is 1.82. The number of carbonyl (C=O) groups is 1. The second-order valence-electron chi connectivity index (χ2n) is 8.98. The van der Waals surface area contributed by atoms with Gasteiger partial charge >= 0.3 is 5.97 Å². The van der Waals surface area contributed by atoms with Crippen LogP contribution in [0.5, 0.6) is 5.75 Å². The number of nitrogens with zero attached hydrogens (tertiary/aromatic N) is 1. The van der Waals surface area contributed by atoms with Gasteiger partial charge in [-0.2, -0.15) is 0 Å². The standard InChI is InChI=1S/C21H24FN3O4/c1-10-8-29-17-14(18-21(4-3-5-21)20(2,23)9-24-18)13(22)6-11-15(17)25(10)7-12(16(11)26)19(27)28/h6-7,10,18,24H,3-5,8-9,23H2,1-2H3,(H,27,28). The normalized spacial score (nSPS) is 29.7. The van der Waals surface area contributed by atoms with Gasteiger partial charge in [0, 0.05) is 35.3 Å². The summed E-state index contributed by atoms with van der Waals surface area (Å²) in [6, 6.07) is 0.666. The van der Waals surface area contributed by atoms with Gasteiger partial charge in [0.05, 0.1) is 16.9 Å². The van der Waals surface area contributed by atoms with Crippen molar-refractivity contribution in [3.8, 4) is 5.75 Å². The van der Waals surface area contributed by atoms with E-state index >= 15 is 4.39 Å². The molecule has 3 atom stereocenters. The highest BCUT2D eigenvalue weighted by atomic mass is 19.1. The third-order valence-corrected chi connectivity index (χ3v) is 7.33. The smallest absolute Gasteiger partial charge is 0.341 e. The van der Waals surface area contributed by atoms with Gasteiger partial charge in [0.25, 0.3) is 0 Å². The Morgan fingerprint density at radius 1 is 1.45 bits per heavy atom. The summed E-state index contributed by atoms with van der Waals surface area (Å²) in [6.07, 6.45) is 4.19. The summed E-state index contributed by atoms with van der Waals surface area (Å²) in [7, 11) is 0. The molecular weight excluding hydrogens is 377 g/mol. The molecular formula is C21H24FN3O4. The molecule has 0 bridgehead atoms. The van der Waals surface area contributed by atoms with Crippen molar-refractivity contribution in [3.05, 3.63) is 39.4 Å². The second kappa shape index (κ2) is 5.79. The Morgan fingerprint density at radius 3 is 2.79 bits per heavy atom. The van der Waals surface area contributed by atoms with Crippen molar-refractivity contribution in [2.24, 2.45) is 11.1 Å². The highest BCUT2D eigenvalue weighted by Crippen LogP contribution is 2.61. The minimum Gasteiger partial charge on any atom is -0.489 e. The number of carboxylic acids is 1. The summed E-state index contributed by atoms with van der Waals surface area (Å²) >= 11 is 0. The van der Waals surface area contributed by atoms with Crippen molar-refractivity contribution in [2.75, 3.05) is 13.2 Å². The number of halogens is 1. The van der Waals surface area contributed by atoms with Gasteiger partial charge in [0.1, 0.15) is 18.0 Å². The number of rotatable bonds is 2. The molecule has 2 fully saturated rings. The van der Waals surface area contributed by atoms with Gasteiger partial charge in [-0.1, -0.05) is 6.42 Å². The first-order chi connectivity index (χ1) is 13.7. The Kier molecular flexibility index (Phi) is 3.71. The number of hydrogen-bond acceptors (Lipinski definition) is 5. The van der Waals surface area contributed by atoms with Crippen molar-refractivity contribution in [1.29, 1.82) is 0 Å². The van der Waals surface area contributed by atoms with Gasteiger partial charge in [-0.15, -0.1) is 0 Å². The number of pyridine rings is 1. The SMILES string of the molecule is CC1COc2c(C3NCC(C)(N)C34CCC4)c(F)cc3c(=O)c(C(=O)O)cn1c23. The second-order valence-corrected chi connectivity index (χ2v) is 8.98. The van der Waals surface area contributed by atoms with Crippen molar-refractivity contribution in [2.45, 2.75) is 50.7 Å².